The number of nitriles is 1. The number of sulfone groups is 1. The Kier molecular flexibility index (Phi) is 7.02. The smallest absolute Gasteiger partial charge is 0.349 e. The predicted molar refractivity (Wildman–Crippen MR) is 104 cm³/mol. The molecule has 1 aliphatic heterocycles. The summed E-state index contributed by atoms with van der Waals surface area (Å²) in [7, 11) is -3.11. The van der Waals surface area contributed by atoms with Crippen molar-refractivity contribution in [2.75, 3.05) is 18.1 Å². The van der Waals surface area contributed by atoms with Crippen LogP contribution in [-0.2, 0) is 30.7 Å². The molecule has 8 nitrogen and oxygen atoms in total. The van der Waals surface area contributed by atoms with Crippen LogP contribution in [0.1, 0.15) is 36.7 Å². The number of hydrogen-bond acceptors (Lipinski definition) is 6. The van der Waals surface area contributed by atoms with Gasteiger partial charge in [-0.3, -0.25) is 4.79 Å². The standard InChI is InChI=1S/C19H25N3O5S/c1-4-6-22-13(2)8-15(14(22)3)9-16(10-20)19(24)27-11-18(23)21-17-5-7-28(25,26)12-17/h8-9,17H,4-7,11-12H2,1-3H3,(H,21,23)/b16-9+/t17-/m1/s1. The molecule has 2 heterocycles. The van der Waals surface area contributed by atoms with Crippen LogP contribution in [-0.4, -0.2) is 49.0 Å². The number of nitrogens with one attached hydrogen (secondary N) is 1. The van der Waals surface area contributed by atoms with Crippen LogP contribution in [0, 0.1) is 25.2 Å². The van der Waals surface area contributed by atoms with E-state index in [4.69, 9.17) is 4.74 Å². The van der Waals surface area contributed by atoms with Crippen molar-refractivity contribution in [1.82, 2.24) is 9.88 Å². The number of aromatic nitrogens is 1. The van der Waals surface area contributed by atoms with Gasteiger partial charge in [0.1, 0.15) is 11.6 Å². The fourth-order valence-electron chi connectivity index (χ4n) is 3.22. The van der Waals surface area contributed by atoms with E-state index in [-0.39, 0.29) is 17.1 Å². The third kappa shape index (κ3) is 5.45. The van der Waals surface area contributed by atoms with Gasteiger partial charge in [-0.15, -0.1) is 0 Å². The molecule has 2 rings (SSSR count). The van der Waals surface area contributed by atoms with Crippen LogP contribution in [0.5, 0.6) is 0 Å². The van der Waals surface area contributed by atoms with E-state index in [0.29, 0.717) is 6.42 Å². The number of amides is 1. The second kappa shape index (κ2) is 9.06. The molecule has 0 radical (unpaired) electrons. The molecule has 1 atom stereocenters. The minimum atomic E-state index is -3.11. The summed E-state index contributed by atoms with van der Waals surface area (Å²) in [5.41, 5.74) is 2.52. The zero-order chi connectivity index (χ0) is 20.9. The Bertz CT molecular complexity index is 938. The first kappa shape index (κ1) is 21.7. The highest BCUT2D eigenvalue weighted by Crippen LogP contribution is 2.19. The van der Waals surface area contributed by atoms with E-state index in [1.165, 1.54) is 6.08 Å². The number of carbonyl (C=O) groups is 2. The number of ether oxygens (including phenoxy) is 1. The van der Waals surface area contributed by atoms with Crippen LogP contribution in [0.2, 0.25) is 0 Å². The highest BCUT2D eigenvalue weighted by molar-refractivity contribution is 7.91. The van der Waals surface area contributed by atoms with E-state index in [0.717, 1.165) is 29.9 Å². The fraction of sp³-hybridized carbons (Fsp3) is 0.526. The van der Waals surface area contributed by atoms with E-state index in [1.54, 1.807) is 0 Å². The third-order valence-electron chi connectivity index (χ3n) is 4.63. The first-order valence-corrected chi connectivity index (χ1v) is 10.9. The maximum Gasteiger partial charge on any atom is 0.349 e. The summed E-state index contributed by atoms with van der Waals surface area (Å²) >= 11 is 0. The van der Waals surface area contributed by atoms with Crippen LogP contribution in [0.15, 0.2) is 11.6 Å². The van der Waals surface area contributed by atoms with Crippen molar-refractivity contribution < 1.29 is 22.7 Å². The summed E-state index contributed by atoms with van der Waals surface area (Å²) in [6.07, 6.45) is 2.76. The minimum absolute atomic E-state index is 0.0372. The van der Waals surface area contributed by atoms with Gasteiger partial charge in [0, 0.05) is 24.0 Å². The third-order valence-corrected chi connectivity index (χ3v) is 6.40. The second-order valence-electron chi connectivity index (χ2n) is 6.89. The number of carbonyl (C=O) groups excluding carboxylic acids is 2. The molecule has 28 heavy (non-hydrogen) atoms. The number of hydrogen-bond donors (Lipinski definition) is 1. The molecule has 0 spiro atoms. The Labute approximate surface area is 165 Å². The molecule has 1 N–H and O–H groups in total. The molecule has 1 amide bonds. The predicted octanol–water partition coefficient (Wildman–Crippen LogP) is 1.27. The van der Waals surface area contributed by atoms with Crippen LogP contribution >= 0.6 is 0 Å². The van der Waals surface area contributed by atoms with E-state index < -0.39 is 34.4 Å². The first-order chi connectivity index (χ1) is 13.2. The zero-order valence-corrected chi connectivity index (χ0v) is 17.1. The van der Waals surface area contributed by atoms with E-state index >= 15 is 0 Å². The van der Waals surface area contributed by atoms with Crippen molar-refractivity contribution in [3.05, 3.63) is 28.6 Å². The molecular formula is C19H25N3O5S. The highest BCUT2D eigenvalue weighted by Gasteiger charge is 2.29. The number of esters is 1. The Hall–Kier alpha value is -2.60. The van der Waals surface area contributed by atoms with Gasteiger partial charge in [0.2, 0.25) is 0 Å². The normalized spacial score (nSPS) is 18.5. The van der Waals surface area contributed by atoms with Crippen LogP contribution in [0.4, 0.5) is 0 Å². The summed E-state index contributed by atoms with van der Waals surface area (Å²) in [6, 6.07) is 3.24. The van der Waals surface area contributed by atoms with Crippen LogP contribution < -0.4 is 5.32 Å². The second-order valence-corrected chi connectivity index (χ2v) is 9.12. The van der Waals surface area contributed by atoms with Crippen molar-refractivity contribution >= 4 is 27.8 Å². The van der Waals surface area contributed by atoms with Crippen LogP contribution in [0.3, 0.4) is 0 Å². The van der Waals surface area contributed by atoms with E-state index in [2.05, 4.69) is 16.8 Å². The summed E-state index contributed by atoms with van der Waals surface area (Å²) in [5, 5.41) is 11.8. The SMILES string of the molecule is CCCn1c(C)cc(/C=C(\C#N)C(=O)OCC(=O)N[C@@H]2CCS(=O)(=O)C2)c1C. The largest absolute Gasteiger partial charge is 0.451 e. The van der Waals surface area contributed by atoms with Crippen molar-refractivity contribution in [3.8, 4) is 6.07 Å². The maximum absolute atomic E-state index is 12.2. The van der Waals surface area contributed by atoms with Gasteiger partial charge < -0.3 is 14.6 Å². The highest BCUT2D eigenvalue weighted by atomic mass is 32.2. The molecule has 0 bridgehead atoms. The lowest BCUT2D eigenvalue weighted by Gasteiger charge is -2.10. The first-order valence-electron chi connectivity index (χ1n) is 9.12. The monoisotopic (exact) mass is 407 g/mol. The lowest BCUT2D eigenvalue weighted by Crippen LogP contribution is -2.38. The van der Waals surface area contributed by atoms with Gasteiger partial charge in [-0.05, 0) is 44.4 Å². The van der Waals surface area contributed by atoms with Gasteiger partial charge in [0.05, 0.1) is 11.5 Å². The zero-order valence-electron chi connectivity index (χ0n) is 16.3. The summed E-state index contributed by atoms with van der Waals surface area (Å²) in [5.74, 6) is -1.55. The Balaban J connectivity index is 1.98. The lowest BCUT2D eigenvalue weighted by molar-refractivity contribution is -0.144. The molecule has 1 aliphatic rings. The van der Waals surface area contributed by atoms with Gasteiger partial charge in [0.25, 0.3) is 5.91 Å². The van der Waals surface area contributed by atoms with Crippen molar-refractivity contribution in [1.29, 1.82) is 5.26 Å². The molecule has 1 fully saturated rings. The molecule has 0 aliphatic carbocycles. The van der Waals surface area contributed by atoms with Gasteiger partial charge in [-0.2, -0.15) is 5.26 Å². The molecule has 1 saturated heterocycles. The quantitative estimate of drug-likeness (QED) is 0.413. The number of aryl methyl sites for hydroxylation is 1. The van der Waals surface area contributed by atoms with Crippen molar-refractivity contribution in [3.63, 3.8) is 0 Å². The average Bonchev–Trinajstić information content (AvgIpc) is 3.10. The summed E-state index contributed by atoms with van der Waals surface area (Å²) in [6.45, 7) is 6.21. The average molecular weight is 407 g/mol. The molecule has 1 aromatic heterocycles. The van der Waals surface area contributed by atoms with Gasteiger partial charge >= 0.3 is 5.97 Å². The van der Waals surface area contributed by atoms with Gasteiger partial charge in [-0.1, -0.05) is 6.92 Å². The lowest BCUT2D eigenvalue weighted by atomic mass is 10.1. The molecule has 0 unspecified atom stereocenters. The molecule has 9 heteroatoms. The number of nitrogens with zero attached hydrogens (tertiary/aromatic N) is 2. The Morgan fingerprint density at radius 3 is 2.71 bits per heavy atom. The summed E-state index contributed by atoms with van der Waals surface area (Å²) < 4.78 is 29.8. The van der Waals surface area contributed by atoms with Gasteiger partial charge in [-0.25, -0.2) is 13.2 Å². The molecular weight excluding hydrogens is 382 g/mol. The topological polar surface area (TPSA) is 118 Å². The fourth-order valence-corrected chi connectivity index (χ4v) is 4.89. The van der Waals surface area contributed by atoms with E-state index in [9.17, 15) is 23.3 Å². The molecule has 1 aromatic rings. The summed E-state index contributed by atoms with van der Waals surface area (Å²) in [4.78, 5) is 24.0. The van der Waals surface area contributed by atoms with Crippen molar-refractivity contribution in [2.24, 2.45) is 0 Å². The molecule has 152 valence electrons. The Morgan fingerprint density at radius 2 is 2.14 bits per heavy atom. The van der Waals surface area contributed by atoms with Crippen LogP contribution in [0.25, 0.3) is 6.08 Å². The van der Waals surface area contributed by atoms with Crippen molar-refractivity contribution in [2.45, 2.75) is 46.2 Å². The van der Waals surface area contributed by atoms with Gasteiger partial charge in [0.15, 0.2) is 16.4 Å². The Morgan fingerprint density at radius 1 is 1.43 bits per heavy atom. The van der Waals surface area contributed by atoms with E-state index in [1.807, 2.05) is 26.0 Å². The minimum Gasteiger partial charge on any atom is -0.451 e. The molecule has 0 aromatic carbocycles. The molecule has 0 saturated carbocycles. The maximum atomic E-state index is 12.2. The number of rotatable bonds is 7.